The number of thiazole rings is 1. The third-order valence-corrected chi connectivity index (χ3v) is 4.43. The molecule has 1 amide bonds. The van der Waals surface area contributed by atoms with E-state index in [1.807, 2.05) is 0 Å². The summed E-state index contributed by atoms with van der Waals surface area (Å²) in [4.78, 5) is 26.8. The zero-order valence-corrected chi connectivity index (χ0v) is 15.5. The van der Waals surface area contributed by atoms with Crippen LogP contribution in [0, 0.1) is 10.1 Å². The van der Waals surface area contributed by atoms with Gasteiger partial charge in [0, 0.05) is 17.0 Å². The molecule has 3 rings (SSSR count). The first kappa shape index (κ1) is 20.1. The maximum absolute atomic E-state index is 12.6. The largest absolute Gasteiger partial charge is 0.434 e. The lowest BCUT2D eigenvalue weighted by Gasteiger charge is -2.08. The van der Waals surface area contributed by atoms with Crippen molar-refractivity contribution in [2.45, 2.75) is 6.61 Å². The molecule has 0 fully saturated rings. The number of halogens is 2. The number of hydrogen-bond donors (Lipinski definition) is 2. The van der Waals surface area contributed by atoms with Crippen LogP contribution in [-0.4, -0.2) is 29.0 Å². The van der Waals surface area contributed by atoms with Gasteiger partial charge in [0.2, 0.25) is 5.91 Å². The molecule has 0 aliphatic carbocycles. The smallest absolute Gasteiger partial charge is 0.387 e. The van der Waals surface area contributed by atoms with E-state index in [0.717, 1.165) is 11.3 Å². The molecule has 0 atom stereocenters. The predicted molar refractivity (Wildman–Crippen MR) is 104 cm³/mol. The number of hydrogen-bond acceptors (Lipinski definition) is 7. The van der Waals surface area contributed by atoms with Gasteiger partial charge in [0.1, 0.15) is 11.4 Å². The number of anilines is 2. The van der Waals surface area contributed by atoms with Crippen molar-refractivity contribution in [1.29, 1.82) is 0 Å². The van der Waals surface area contributed by atoms with Crippen LogP contribution in [0.4, 0.5) is 25.3 Å². The lowest BCUT2D eigenvalue weighted by molar-refractivity contribution is -0.383. The Balaban J connectivity index is 1.65. The lowest BCUT2D eigenvalue weighted by Crippen LogP contribution is -2.22. The van der Waals surface area contributed by atoms with Crippen LogP contribution in [0.5, 0.6) is 5.75 Å². The average molecular weight is 420 g/mol. The molecule has 0 aliphatic rings. The van der Waals surface area contributed by atoms with Crippen LogP contribution >= 0.6 is 11.3 Å². The van der Waals surface area contributed by atoms with Gasteiger partial charge in [-0.25, -0.2) is 4.98 Å². The molecular weight excluding hydrogens is 406 g/mol. The maximum Gasteiger partial charge on any atom is 0.387 e. The Hall–Kier alpha value is -3.60. The first-order valence-electron chi connectivity index (χ1n) is 8.21. The normalized spacial score (nSPS) is 10.6. The SMILES string of the molecule is O=C(CNc1ccccc1[N+](=O)[O-])Nc1nc(-c2ccccc2OC(F)F)cs1. The summed E-state index contributed by atoms with van der Waals surface area (Å²) in [5, 5.41) is 18.1. The molecule has 2 N–H and O–H groups in total. The number of nitro groups is 1. The number of aromatic nitrogens is 1. The zero-order chi connectivity index (χ0) is 20.8. The van der Waals surface area contributed by atoms with Crippen molar-refractivity contribution in [3.63, 3.8) is 0 Å². The highest BCUT2D eigenvalue weighted by Gasteiger charge is 2.16. The summed E-state index contributed by atoms with van der Waals surface area (Å²) in [7, 11) is 0. The topological polar surface area (TPSA) is 106 Å². The van der Waals surface area contributed by atoms with E-state index in [1.165, 1.54) is 24.3 Å². The summed E-state index contributed by atoms with van der Waals surface area (Å²) in [5.41, 5.74) is 0.800. The zero-order valence-electron chi connectivity index (χ0n) is 14.7. The molecule has 0 aliphatic heterocycles. The summed E-state index contributed by atoms with van der Waals surface area (Å²) in [6.07, 6.45) is 0. The Kier molecular flexibility index (Phi) is 6.29. The van der Waals surface area contributed by atoms with Gasteiger partial charge in [-0.1, -0.05) is 24.3 Å². The van der Waals surface area contributed by atoms with Crippen molar-refractivity contribution < 1.29 is 23.2 Å². The molecule has 2 aromatic carbocycles. The fourth-order valence-corrected chi connectivity index (χ4v) is 3.18. The molecule has 29 heavy (non-hydrogen) atoms. The number of benzene rings is 2. The molecule has 0 saturated heterocycles. The monoisotopic (exact) mass is 420 g/mol. The Morgan fingerprint density at radius 2 is 1.93 bits per heavy atom. The second-order valence-corrected chi connectivity index (χ2v) is 6.45. The molecule has 0 radical (unpaired) electrons. The standard InChI is InChI=1S/C18H14F2N4O4S/c19-17(20)28-15-8-4-1-5-11(15)13-10-29-18(22-13)23-16(25)9-21-12-6-2-3-7-14(12)24(26)27/h1-8,10,17,21H,9H2,(H,22,23,25). The maximum atomic E-state index is 12.6. The second-order valence-electron chi connectivity index (χ2n) is 5.59. The number of nitrogens with one attached hydrogen (secondary N) is 2. The van der Waals surface area contributed by atoms with Crippen LogP contribution in [0.1, 0.15) is 0 Å². The predicted octanol–water partition coefficient (Wildman–Crippen LogP) is 4.37. The number of alkyl halides is 2. The molecule has 3 aromatic rings. The van der Waals surface area contributed by atoms with E-state index in [2.05, 4.69) is 20.4 Å². The van der Waals surface area contributed by atoms with E-state index in [9.17, 15) is 23.7 Å². The molecule has 11 heteroatoms. The van der Waals surface area contributed by atoms with E-state index < -0.39 is 17.4 Å². The Morgan fingerprint density at radius 1 is 1.21 bits per heavy atom. The minimum absolute atomic E-state index is 0.0243. The molecule has 0 unspecified atom stereocenters. The molecular formula is C18H14F2N4O4S. The fourth-order valence-electron chi connectivity index (χ4n) is 2.45. The average Bonchev–Trinajstić information content (AvgIpc) is 3.14. The second kappa shape index (κ2) is 9.06. The summed E-state index contributed by atoms with van der Waals surface area (Å²) >= 11 is 1.11. The molecule has 8 nitrogen and oxygen atoms in total. The van der Waals surface area contributed by atoms with Gasteiger partial charge >= 0.3 is 6.61 Å². The van der Waals surface area contributed by atoms with Crippen LogP contribution in [0.25, 0.3) is 11.3 Å². The van der Waals surface area contributed by atoms with Gasteiger partial charge in [-0.15, -0.1) is 11.3 Å². The first-order chi connectivity index (χ1) is 13.9. The van der Waals surface area contributed by atoms with Gasteiger partial charge in [0.05, 0.1) is 17.2 Å². The number of carbonyl (C=O) groups is 1. The molecule has 0 bridgehead atoms. The van der Waals surface area contributed by atoms with Crippen molar-refractivity contribution in [2.75, 3.05) is 17.2 Å². The van der Waals surface area contributed by atoms with Crippen LogP contribution in [0.2, 0.25) is 0 Å². The Labute approximate surface area is 167 Å². The summed E-state index contributed by atoms with van der Waals surface area (Å²) in [5.74, 6) is -0.495. The van der Waals surface area contributed by atoms with E-state index >= 15 is 0 Å². The van der Waals surface area contributed by atoms with E-state index in [-0.39, 0.29) is 28.8 Å². The van der Waals surface area contributed by atoms with Crippen molar-refractivity contribution in [3.05, 3.63) is 64.0 Å². The number of nitro benzene ring substituents is 1. The molecule has 150 valence electrons. The lowest BCUT2D eigenvalue weighted by atomic mass is 10.1. The third-order valence-electron chi connectivity index (χ3n) is 3.67. The van der Waals surface area contributed by atoms with Gasteiger partial charge in [0.25, 0.3) is 5.69 Å². The molecule has 1 aromatic heterocycles. The summed E-state index contributed by atoms with van der Waals surface area (Å²) < 4.78 is 29.6. The van der Waals surface area contributed by atoms with Crippen LogP contribution < -0.4 is 15.4 Å². The fraction of sp³-hybridized carbons (Fsp3) is 0.111. The number of carbonyl (C=O) groups excluding carboxylic acids is 1. The molecule has 1 heterocycles. The number of nitrogens with zero attached hydrogens (tertiary/aromatic N) is 2. The molecule has 0 spiro atoms. The van der Waals surface area contributed by atoms with Crippen molar-refractivity contribution in [2.24, 2.45) is 0 Å². The van der Waals surface area contributed by atoms with Gasteiger partial charge in [-0.3, -0.25) is 14.9 Å². The molecule has 0 saturated carbocycles. The number of rotatable bonds is 8. The van der Waals surface area contributed by atoms with E-state index in [4.69, 9.17) is 0 Å². The van der Waals surface area contributed by atoms with Crippen LogP contribution in [0.3, 0.4) is 0 Å². The third kappa shape index (κ3) is 5.23. The highest BCUT2D eigenvalue weighted by atomic mass is 32.1. The van der Waals surface area contributed by atoms with Crippen LogP contribution in [0.15, 0.2) is 53.9 Å². The summed E-state index contributed by atoms with van der Waals surface area (Å²) in [6.45, 7) is -3.19. The van der Waals surface area contributed by atoms with Crippen molar-refractivity contribution >= 4 is 33.8 Å². The van der Waals surface area contributed by atoms with Gasteiger partial charge in [-0.05, 0) is 18.2 Å². The Morgan fingerprint density at radius 3 is 2.69 bits per heavy atom. The van der Waals surface area contributed by atoms with Gasteiger partial charge in [-0.2, -0.15) is 8.78 Å². The quantitative estimate of drug-likeness (QED) is 0.414. The van der Waals surface area contributed by atoms with E-state index in [0.29, 0.717) is 11.3 Å². The Bertz CT molecular complexity index is 1030. The first-order valence-corrected chi connectivity index (χ1v) is 9.09. The minimum atomic E-state index is -2.97. The number of para-hydroxylation sites is 3. The highest BCUT2D eigenvalue weighted by molar-refractivity contribution is 7.14. The van der Waals surface area contributed by atoms with Crippen LogP contribution in [-0.2, 0) is 4.79 Å². The van der Waals surface area contributed by atoms with Crippen molar-refractivity contribution in [3.8, 4) is 17.0 Å². The highest BCUT2D eigenvalue weighted by Crippen LogP contribution is 2.33. The minimum Gasteiger partial charge on any atom is -0.434 e. The van der Waals surface area contributed by atoms with E-state index in [1.54, 1.807) is 29.6 Å². The summed E-state index contributed by atoms with van der Waals surface area (Å²) in [6, 6.07) is 12.1. The number of amides is 1. The number of ether oxygens (including phenoxy) is 1. The van der Waals surface area contributed by atoms with Crippen molar-refractivity contribution in [1.82, 2.24) is 4.98 Å². The van der Waals surface area contributed by atoms with Gasteiger partial charge < -0.3 is 15.4 Å². The van der Waals surface area contributed by atoms with Gasteiger partial charge in [0.15, 0.2) is 5.13 Å².